The number of likely N-dealkylation sites (tertiary alicyclic amines) is 1. The van der Waals surface area contributed by atoms with Gasteiger partial charge in [0, 0.05) is 23.0 Å². The maximum absolute atomic E-state index is 12.8. The first kappa shape index (κ1) is 17.3. The molecule has 1 amide bonds. The third kappa shape index (κ3) is 3.58. The van der Waals surface area contributed by atoms with Crippen LogP contribution in [0.15, 0.2) is 35.7 Å². The van der Waals surface area contributed by atoms with Crippen LogP contribution < -0.4 is 4.74 Å². The molecular formula is C18H20ClNO3S. The molecule has 1 unspecified atom stereocenters. The Morgan fingerprint density at radius 2 is 2.12 bits per heavy atom. The number of methoxy groups -OCH3 is 1. The molecule has 1 N–H and O–H groups in total. The Bertz CT molecular complexity index is 696. The molecule has 3 rings (SSSR count). The average Bonchev–Trinajstić information content (AvgIpc) is 3.15. The van der Waals surface area contributed by atoms with Crippen molar-refractivity contribution in [3.05, 3.63) is 51.2 Å². The van der Waals surface area contributed by atoms with Crippen LogP contribution in [0.4, 0.5) is 0 Å². The number of nitrogens with zero attached hydrogens (tertiary/aromatic N) is 1. The Kier molecular flexibility index (Phi) is 5.43. The fourth-order valence-electron chi connectivity index (χ4n) is 3.13. The molecule has 2 heterocycles. The predicted molar refractivity (Wildman–Crippen MR) is 95.9 cm³/mol. The highest BCUT2D eigenvalue weighted by Crippen LogP contribution is 2.34. The Morgan fingerprint density at radius 3 is 2.75 bits per heavy atom. The predicted octanol–water partition coefficient (Wildman–Crippen LogP) is 4.00. The Hall–Kier alpha value is -1.56. The van der Waals surface area contributed by atoms with E-state index in [0.29, 0.717) is 29.4 Å². The van der Waals surface area contributed by atoms with Gasteiger partial charge in [-0.2, -0.15) is 0 Å². The third-order valence-corrected chi connectivity index (χ3v) is 5.68. The van der Waals surface area contributed by atoms with Crippen molar-refractivity contribution in [3.63, 3.8) is 0 Å². The van der Waals surface area contributed by atoms with Crippen LogP contribution in [0.5, 0.6) is 5.75 Å². The van der Waals surface area contributed by atoms with Crippen LogP contribution in [-0.2, 0) is 0 Å². The van der Waals surface area contributed by atoms with E-state index in [4.69, 9.17) is 16.3 Å². The molecule has 0 bridgehead atoms. The monoisotopic (exact) mass is 365 g/mol. The minimum absolute atomic E-state index is 0.0709. The smallest absolute Gasteiger partial charge is 0.257 e. The molecule has 1 fully saturated rings. The van der Waals surface area contributed by atoms with Gasteiger partial charge in [-0.1, -0.05) is 17.7 Å². The number of aliphatic hydroxyl groups excluding tert-OH is 1. The van der Waals surface area contributed by atoms with Crippen molar-refractivity contribution in [2.75, 3.05) is 20.2 Å². The number of piperidine rings is 1. The van der Waals surface area contributed by atoms with Gasteiger partial charge in [-0.3, -0.25) is 4.79 Å². The van der Waals surface area contributed by atoms with Crippen LogP contribution in [0, 0.1) is 5.92 Å². The van der Waals surface area contributed by atoms with Gasteiger partial charge in [-0.15, -0.1) is 11.3 Å². The molecule has 1 atom stereocenters. The topological polar surface area (TPSA) is 49.8 Å². The lowest BCUT2D eigenvalue weighted by Gasteiger charge is -2.34. The zero-order valence-corrected chi connectivity index (χ0v) is 15.0. The van der Waals surface area contributed by atoms with Gasteiger partial charge < -0.3 is 14.7 Å². The van der Waals surface area contributed by atoms with Crippen molar-refractivity contribution in [1.82, 2.24) is 4.90 Å². The van der Waals surface area contributed by atoms with Gasteiger partial charge in [0.05, 0.1) is 18.8 Å². The molecule has 128 valence electrons. The highest BCUT2D eigenvalue weighted by Gasteiger charge is 2.30. The summed E-state index contributed by atoms with van der Waals surface area (Å²) in [5, 5.41) is 13.0. The van der Waals surface area contributed by atoms with Crippen molar-refractivity contribution in [1.29, 1.82) is 0 Å². The number of amides is 1. The molecule has 24 heavy (non-hydrogen) atoms. The number of ether oxygens (including phenoxy) is 1. The summed E-state index contributed by atoms with van der Waals surface area (Å²) >= 11 is 7.59. The summed E-state index contributed by atoms with van der Waals surface area (Å²) in [6, 6.07) is 8.98. The third-order valence-electron chi connectivity index (χ3n) is 4.50. The molecule has 1 aromatic heterocycles. The second-order valence-corrected chi connectivity index (χ2v) is 7.35. The number of aliphatic hydroxyl groups is 1. The van der Waals surface area contributed by atoms with E-state index >= 15 is 0 Å². The minimum atomic E-state index is -0.442. The molecule has 6 heteroatoms. The number of carbonyl (C=O) groups excluding carboxylic acids is 1. The number of carbonyl (C=O) groups is 1. The largest absolute Gasteiger partial charge is 0.496 e. The molecule has 1 aromatic carbocycles. The second kappa shape index (κ2) is 7.55. The number of hydrogen-bond donors (Lipinski definition) is 1. The summed E-state index contributed by atoms with van der Waals surface area (Å²) in [5.74, 6) is 0.650. The summed E-state index contributed by atoms with van der Waals surface area (Å²) in [4.78, 5) is 15.6. The summed E-state index contributed by atoms with van der Waals surface area (Å²) in [5.41, 5.74) is 0.488. The van der Waals surface area contributed by atoms with Gasteiger partial charge in [-0.25, -0.2) is 0 Å². The van der Waals surface area contributed by atoms with Crippen LogP contribution in [0.25, 0.3) is 0 Å². The van der Waals surface area contributed by atoms with E-state index in [1.54, 1.807) is 36.6 Å². The SMILES string of the molecule is COc1ccc(Cl)cc1C(=O)N1CCC(C(O)c2cccs2)CC1. The van der Waals surface area contributed by atoms with Crippen molar-refractivity contribution in [3.8, 4) is 5.75 Å². The fourth-order valence-corrected chi connectivity index (χ4v) is 4.10. The van der Waals surface area contributed by atoms with E-state index in [0.717, 1.165) is 17.7 Å². The minimum Gasteiger partial charge on any atom is -0.496 e. The zero-order chi connectivity index (χ0) is 17.1. The van der Waals surface area contributed by atoms with Gasteiger partial charge in [-0.05, 0) is 48.4 Å². The van der Waals surface area contributed by atoms with E-state index in [9.17, 15) is 9.90 Å². The van der Waals surface area contributed by atoms with Gasteiger partial charge in [0.25, 0.3) is 5.91 Å². The lowest BCUT2D eigenvalue weighted by molar-refractivity contribution is 0.0472. The van der Waals surface area contributed by atoms with E-state index in [-0.39, 0.29) is 11.8 Å². The second-order valence-electron chi connectivity index (χ2n) is 5.93. The lowest BCUT2D eigenvalue weighted by atomic mass is 9.90. The van der Waals surface area contributed by atoms with Gasteiger partial charge in [0.15, 0.2) is 0 Å². The molecule has 1 aliphatic heterocycles. The normalized spacial score (nSPS) is 16.9. The first-order valence-electron chi connectivity index (χ1n) is 7.94. The first-order chi connectivity index (χ1) is 11.6. The molecule has 0 aliphatic carbocycles. The maximum atomic E-state index is 12.8. The number of hydrogen-bond acceptors (Lipinski definition) is 4. The summed E-state index contributed by atoms with van der Waals surface area (Å²) in [7, 11) is 1.55. The van der Waals surface area contributed by atoms with Crippen molar-refractivity contribution >= 4 is 28.8 Å². The van der Waals surface area contributed by atoms with E-state index in [2.05, 4.69) is 0 Å². The summed E-state index contributed by atoms with van der Waals surface area (Å²) in [6.45, 7) is 1.25. The average molecular weight is 366 g/mol. The molecular weight excluding hydrogens is 346 g/mol. The summed E-state index contributed by atoms with van der Waals surface area (Å²) in [6.07, 6.45) is 1.13. The highest BCUT2D eigenvalue weighted by atomic mass is 35.5. The van der Waals surface area contributed by atoms with Crippen molar-refractivity contribution < 1.29 is 14.6 Å². The molecule has 4 nitrogen and oxygen atoms in total. The van der Waals surface area contributed by atoms with Crippen LogP contribution in [-0.4, -0.2) is 36.1 Å². The Morgan fingerprint density at radius 1 is 1.38 bits per heavy atom. The van der Waals surface area contributed by atoms with Gasteiger partial charge in [0.2, 0.25) is 0 Å². The molecule has 1 saturated heterocycles. The number of halogens is 1. The summed E-state index contributed by atoms with van der Waals surface area (Å²) < 4.78 is 5.28. The maximum Gasteiger partial charge on any atom is 0.257 e. The van der Waals surface area contributed by atoms with E-state index in [1.165, 1.54) is 0 Å². The van der Waals surface area contributed by atoms with Crippen LogP contribution >= 0.6 is 22.9 Å². The van der Waals surface area contributed by atoms with Crippen molar-refractivity contribution in [2.24, 2.45) is 5.92 Å². The molecule has 2 aromatic rings. The first-order valence-corrected chi connectivity index (χ1v) is 9.20. The van der Waals surface area contributed by atoms with Gasteiger partial charge in [0.1, 0.15) is 5.75 Å². The molecule has 1 aliphatic rings. The van der Waals surface area contributed by atoms with Gasteiger partial charge >= 0.3 is 0 Å². The number of benzene rings is 1. The zero-order valence-electron chi connectivity index (χ0n) is 13.4. The standard InChI is InChI=1S/C18H20ClNO3S/c1-23-15-5-4-13(19)11-14(15)18(22)20-8-6-12(7-9-20)17(21)16-3-2-10-24-16/h2-5,10-12,17,21H,6-9H2,1H3. The lowest BCUT2D eigenvalue weighted by Crippen LogP contribution is -2.39. The molecule has 0 spiro atoms. The number of rotatable bonds is 4. The molecule has 0 saturated carbocycles. The van der Waals surface area contributed by atoms with E-state index in [1.807, 2.05) is 22.4 Å². The number of thiophene rings is 1. The van der Waals surface area contributed by atoms with Crippen LogP contribution in [0.3, 0.4) is 0 Å². The quantitative estimate of drug-likeness (QED) is 0.891. The van der Waals surface area contributed by atoms with Crippen LogP contribution in [0.2, 0.25) is 5.02 Å². The molecule has 0 radical (unpaired) electrons. The van der Waals surface area contributed by atoms with Crippen LogP contribution in [0.1, 0.15) is 34.2 Å². The van der Waals surface area contributed by atoms with Crippen molar-refractivity contribution in [2.45, 2.75) is 18.9 Å². The highest BCUT2D eigenvalue weighted by molar-refractivity contribution is 7.10. The van der Waals surface area contributed by atoms with E-state index < -0.39 is 6.10 Å². The fraction of sp³-hybridized carbons (Fsp3) is 0.389. The Balaban J connectivity index is 1.66. The Labute approximate surface area is 150 Å².